The number of carbonyl (C=O) groups is 1. The summed E-state index contributed by atoms with van der Waals surface area (Å²) in [6, 6.07) is 5.84. The Bertz CT molecular complexity index is 647. The van der Waals surface area contributed by atoms with Gasteiger partial charge in [0.05, 0.1) is 17.8 Å². The Labute approximate surface area is 146 Å². The fourth-order valence-corrected chi connectivity index (χ4v) is 3.63. The summed E-state index contributed by atoms with van der Waals surface area (Å²) in [5.41, 5.74) is 1.85. The van der Waals surface area contributed by atoms with Crippen LogP contribution in [0.2, 0.25) is 0 Å². The molecular weight excluding hydrogens is 322 g/mol. The van der Waals surface area contributed by atoms with Gasteiger partial charge in [0.1, 0.15) is 5.82 Å². The molecule has 0 saturated carbocycles. The van der Waals surface area contributed by atoms with E-state index in [0.717, 1.165) is 25.3 Å². The molecule has 2 unspecified atom stereocenters. The molecule has 2 aromatic rings. The topological polar surface area (TPSA) is 54.5 Å². The van der Waals surface area contributed by atoms with Crippen LogP contribution in [0.15, 0.2) is 35.2 Å². The number of aromatic nitrogens is 1. The van der Waals surface area contributed by atoms with Crippen LogP contribution in [-0.4, -0.2) is 42.7 Å². The minimum Gasteiger partial charge on any atom is -0.372 e. The first kappa shape index (κ1) is 16.9. The molecule has 3 rings (SSSR count). The van der Waals surface area contributed by atoms with E-state index in [1.165, 1.54) is 5.56 Å². The van der Waals surface area contributed by atoms with Gasteiger partial charge >= 0.3 is 0 Å². The average molecular weight is 345 g/mol. The van der Waals surface area contributed by atoms with E-state index in [-0.39, 0.29) is 18.1 Å². The van der Waals surface area contributed by atoms with Crippen LogP contribution < -0.4 is 10.2 Å². The minimum atomic E-state index is -0.0759. The van der Waals surface area contributed by atoms with E-state index < -0.39 is 0 Å². The Kier molecular flexibility index (Phi) is 5.48. The van der Waals surface area contributed by atoms with Crippen LogP contribution in [0.25, 0.3) is 0 Å². The van der Waals surface area contributed by atoms with Crippen molar-refractivity contribution in [2.75, 3.05) is 24.5 Å². The molecule has 6 heteroatoms. The maximum atomic E-state index is 12.2. The second kappa shape index (κ2) is 7.77. The molecule has 3 heterocycles. The highest BCUT2D eigenvalue weighted by Gasteiger charge is 2.23. The lowest BCUT2D eigenvalue weighted by atomic mass is 10.2. The van der Waals surface area contributed by atoms with Gasteiger partial charge in [-0.3, -0.25) is 4.79 Å². The lowest BCUT2D eigenvalue weighted by molar-refractivity contribution is -0.00546. The monoisotopic (exact) mass is 345 g/mol. The van der Waals surface area contributed by atoms with Crippen LogP contribution in [0.5, 0.6) is 0 Å². The van der Waals surface area contributed by atoms with Gasteiger partial charge in [-0.15, -0.1) is 0 Å². The molecule has 0 bridgehead atoms. The molecule has 2 aromatic heterocycles. The molecule has 1 N–H and O–H groups in total. The summed E-state index contributed by atoms with van der Waals surface area (Å²) in [6.07, 6.45) is 2.89. The summed E-state index contributed by atoms with van der Waals surface area (Å²) in [5.74, 6) is 0.819. The van der Waals surface area contributed by atoms with Gasteiger partial charge < -0.3 is 15.0 Å². The van der Waals surface area contributed by atoms with Crippen LogP contribution in [0.4, 0.5) is 5.82 Å². The first-order valence-electron chi connectivity index (χ1n) is 8.27. The molecule has 0 spiro atoms. The third-order valence-corrected chi connectivity index (χ3v) is 4.77. The molecule has 0 aliphatic carbocycles. The van der Waals surface area contributed by atoms with Gasteiger partial charge in [0, 0.05) is 25.8 Å². The van der Waals surface area contributed by atoms with E-state index in [2.05, 4.69) is 40.5 Å². The Morgan fingerprint density at radius 3 is 2.75 bits per heavy atom. The molecule has 0 aromatic carbocycles. The quantitative estimate of drug-likeness (QED) is 0.905. The van der Waals surface area contributed by atoms with E-state index in [1.54, 1.807) is 17.5 Å². The number of carbonyl (C=O) groups excluding carboxylic acids is 1. The number of thiophene rings is 1. The number of hydrogen-bond donors (Lipinski definition) is 1. The van der Waals surface area contributed by atoms with Gasteiger partial charge in [-0.2, -0.15) is 11.3 Å². The summed E-state index contributed by atoms with van der Waals surface area (Å²) < 4.78 is 5.74. The number of nitrogens with one attached hydrogen (secondary N) is 1. The molecule has 128 valence electrons. The van der Waals surface area contributed by atoms with Gasteiger partial charge in [0.15, 0.2) is 0 Å². The maximum Gasteiger partial charge on any atom is 0.252 e. The van der Waals surface area contributed by atoms with E-state index >= 15 is 0 Å². The molecule has 1 aliphatic rings. The first-order chi connectivity index (χ1) is 11.6. The molecular formula is C18H23N3O2S. The van der Waals surface area contributed by atoms with E-state index in [9.17, 15) is 4.79 Å². The lowest BCUT2D eigenvalue weighted by Crippen LogP contribution is -2.45. The van der Waals surface area contributed by atoms with Crippen LogP contribution >= 0.6 is 11.3 Å². The summed E-state index contributed by atoms with van der Waals surface area (Å²) in [5, 5.41) is 7.10. The van der Waals surface area contributed by atoms with Crippen LogP contribution in [0, 0.1) is 0 Å². The summed E-state index contributed by atoms with van der Waals surface area (Å²) in [4.78, 5) is 18.8. The fraction of sp³-hybridized carbons (Fsp3) is 0.444. The molecule has 24 heavy (non-hydrogen) atoms. The highest BCUT2D eigenvalue weighted by atomic mass is 32.1. The molecule has 5 nitrogen and oxygen atoms in total. The van der Waals surface area contributed by atoms with Crippen molar-refractivity contribution in [1.82, 2.24) is 10.3 Å². The zero-order valence-corrected chi connectivity index (χ0v) is 14.9. The third-order valence-electron chi connectivity index (χ3n) is 4.03. The van der Waals surface area contributed by atoms with Crippen molar-refractivity contribution < 1.29 is 9.53 Å². The highest BCUT2D eigenvalue weighted by molar-refractivity contribution is 7.07. The van der Waals surface area contributed by atoms with E-state index in [4.69, 9.17) is 4.74 Å². The van der Waals surface area contributed by atoms with Crippen molar-refractivity contribution in [1.29, 1.82) is 0 Å². The maximum absolute atomic E-state index is 12.2. The van der Waals surface area contributed by atoms with Crippen molar-refractivity contribution in [3.8, 4) is 0 Å². The zero-order valence-electron chi connectivity index (χ0n) is 14.1. The Morgan fingerprint density at radius 2 is 2.12 bits per heavy atom. The van der Waals surface area contributed by atoms with Crippen molar-refractivity contribution in [2.45, 2.75) is 32.5 Å². The molecule has 1 aliphatic heterocycles. The normalized spacial score (nSPS) is 20.8. The van der Waals surface area contributed by atoms with E-state index in [1.807, 2.05) is 17.5 Å². The van der Waals surface area contributed by atoms with Gasteiger partial charge in [-0.05, 0) is 54.8 Å². The first-order valence-corrected chi connectivity index (χ1v) is 9.22. The SMILES string of the molecule is CC1CN(c2ccc(C(=O)NCCc3ccsc3)cn2)CC(C)O1. The number of rotatable bonds is 5. The summed E-state index contributed by atoms with van der Waals surface area (Å²) in [6.45, 7) is 6.42. The molecule has 2 atom stereocenters. The number of anilines is 1. The predicted molar refractivity (Wildman–Crippen MR) is 96.8 cm³/mol. The number of amides is 1. The van der Waals surface area contributed by atoms with Gasteiger partial charge in [-0.1, -0.05) is 0 Å². The highest BCUT2D eigenvalue weighted by Crippen LogP contribution is 2.18. The fourth-order valence-electron chi connectivity index (χ4n) is 2.93. The second-order valence-corrected chi connectivity index (χ2v) is 6.98. The zero-order chi connectivity index (χ0) is 16.9. The largest absolute Gasteiger partial charge is 0.372 e. The number of nitrogens with zero attached hydrogens (tertiary/aromatic N) is 2. The second-order valence-electron chi connectivity index (χ2n) is 6.20. The van der Waals surface area contributed by atoms with E-state index in [0.29, 0.717) is 12.1 Å². The number of morpholine rings is 1. The predicted octanol–water partition coefficient (Wildman–Crippen LogP) is 2.73. The number of hydrogen-bond acceptors (Lipinski definition) is 5. The van der Waals surface area contributed by atoms with Crippen molar-refractivity contribution in [3.63, 3.8) is 0 Å². The Balaban J connectivity index is 1.54. The number of ether oxygens (including phenoxy) is 1. The van der Waals surface area contributed by atoms with Crippen molar-refractivity contribution in [3.05, 3.63) is 46.3 Å². The van der Waals surface area contributed by atoms with Crippen LogP contribution in [0.1, 0.15) is 29.8 Å². The number of pyridine rings is 1. The van der Waals surface area contributed by atoms with Gasteiger partial charge in [0.25, 0.3) is 5.91 Å². The van der Waals surface area contributed by atoms with Crippen molar-refractivity contribution >= 4 is 23.1 Å². The minimum absolute atomic E-state index is 0.0759. The van der Waals surface area contributed by atoms with Gasteiger partial charge in [0.2, 0.25) is 0 Å². The molecule has 1 fully saturated rings. The summed E-state index contributed by atoms with van der Waals surface area (Å²) in [7, 11) is 0. The smallest absolute Gasteiger partial charge is 0.252 e. The summed E-state index contributed by atoms with van der Waals surface area (Å²) >= 11 is 1.67. The molecule has 1 amide bonds. The van der Waals surface area contributed by atoms with Crippen LogP contribution in [-0.2, 0) is 11.2 Å². The average Bonchev–Trinajstić information content (AvgIpc) is 3.07. The molecule has 0 radical (unpaired) electrons. The Morgan fingerprint density at radius 1 is 1.33 bits per heavy atom. The lowest BCUT2D eigenvalue weighted by Gasteiger charge is -2.36. The van der Waals surface area contributed by atoms with Crippen molar-refractivity contribution in [2.24, 2.45) is 0 Å². The standard InChI is InChI=1S/C18H23N3O2S/c1-13-10-21(11-14(2)23-13)17-4-3-16(9-20-17)18(22)19-7-5-15-6-8-24-12-15/h3-4,6,8-9,12-14H,5,7,10-11H2,1-2H3,(H,19,22). The van der Waals surface area contributed by atoms with Gasteiger partial charge in [-0.25, -0.2) is 4.98 Å². The Hall–Kier alpha value is -1.92. The molecule has 1 saturated heterocycles. The van der Waals surface area contributed by atoms with Crippen LogP contribution in [0.3, 0.4) is 0 Å². The third kappa shape index (κ3) is 4.33.